The molecule has 0 N–H and O–H groups in total. The normalized spacial score (nSPS) is 31.6. The molecule has 0 amide bonds. The molecule has 0 bridgehead atoms. The molecule has 3 rings (SSSR count). The Labute approximate surface area is 295 Å². The van der Waals surface area contributed by atoms with Crippen molar-refractivity contribution in [3.05, 3.63) is 0 Å². The Morgan fingerprint density at radius 3 is 1.52 bits per heavy atom. The SMILES string of the molecule is CC(=O)OC[C@H](OC(C)=O)[C@H]1OC(OC(C)=O)[C@@H](OC(C)=O)[C@@H]([C@H]2O[C@H]([C@@H]3COC(=O)O3)[C@@H](OC(C)=O)[C@H](OC(C)=O)[C@@H]2OC(C)=O)[C@@H]1OC(C)=O. The lowest BCUT2D eigenvalue weighted by Gasteiger charge is -2.53. The summed E-state index contributed by atoms with van der Waals surface area (Å²) in [7, 11) is 0. The summed E-state index contributed by atoms with van der Waals surface area (Å²) >= 11 is 0. The van der Waals surface area contributed by atoms with Gasteiger partial charge < -0.3 is 56.8 Å². The van der Waals surface area contributed by atoms with Crippen LogP contribution in [0, 0.1) is 5.92 Å². The van der Waals surface area contributed by atoms with Crippen molar-refractivity contribution in [2.45, 2.75) is 123 Å². The van der Waals surface area contributed by atoms with Crippen LogP contribution in [0.4, 0.5) is 4.79 Å². The van der Waals surface area contributed by atoms with Gasteiger partial charge in [-0.25, -0.2) is 4.79 Å². The van der Waals surface area contributed by atoms with Gasteiger partial charge in [0, 0.05) is 55.4 Å². The van der Waals surface area contributed by atoms with E-state index < -0.39 is 140 Å². The van der Waals surface area contributed by atoms with Gasteiger partial charge in [0.15, 0.2) is 36.6 Å². The Balaban J connectivity index is 2.39. The predicted octanol–water partition coefficient (Wildman–Crippen LogP) is -0.653. The summed E-state index contributed by atoms with van der Waals surface area (Å²) < 4.78 is 66.3. The van der Waals surface area contributed by atoms with Gasteiger partial charge in [0.1, 0.15) is 37.6 Å². The highest BCUT2D eigenvalue weighted by molar-refractivity contribution is 5.70. The van der Waals surface area contributed by atoms with E-state index in [1.165, 1.54) is 0 Å². The molecule has 290 valence electrons. The summed E-state index contributed by atoms with van der Waals surface area (Å²) in [5.41, 5.74) is 0. The molecule has 3 aliphatic rings. The molecule has 0 aromatic carbocycles. The van der Waals surface area contributed by atoms with E-state index in [-0.39, 0.29) is 0 Å². The van der Waals surface area contributed by atoms with Crippen LogP contribution in [0.2, 0.25) is 0 Å². The zero-order valence-corrected chi connectivity index (χ0v) is 29.4. The van der Waals surface area contributed by atoms with Crippen LogP contribution in [0.25, 0.3) is 0 Å². The maximum Gasteiger partial charge on any atom is 0.508 e. The van der Waals surface area contributed by atoms with Crippen LogP contribution in [0.15, 0.2) is 0 Å². The van der Waals surface area contributed by atoms with Gasteiger partial charge in [-0.05, 0) is 0 Å². The number of ether oxygens (including phenoxy) is 12. The van der Waals surface area contributed by atoms with Gasteiger partial charge >= 0.3 is 53.9 Å². The average molecular weight is 749 g/mol. The van der Waals surface area contributed by atoms with Crippen LogP contribution < -0.4 is 0 Å². The Morgan fingerprint density at radius 1 is 0.577 bits per heavy atom. The van der Waals surface area contributed by atoms with Crippen LogP contribution in [0.1, 0.15) is 55.4 Å². The molecule has 0 saturated carbocycles. The summed E-state index contributed by atoms with van der Waals surface area (Å²) in [6.07, 6.45) is -20.1. The number of carbonyl (C=O) groups excluding carboxylic acids is 9. The van der Waals surface area contributed by atoms with Gasteiger partial charge in [0.05, 0.1) is 5.92 Å². The lowest BCUT2D eigenvalue weighted by molar-refractivity contribution is -0.331. The van der Waals surface area contributed by atoms with Crippen molar-refractivity contribution < 1.29 is 100.0 Å². The maximum atomic E-state index is 12.7. The molecule has 0 radical (unpaired) electrons. The second kappa shape index (κ2) is 17.9. The van der Waals surface area contributed by atoms with Gasteiger partial charge in [0.25, 0.3) is 0 Å². The van der Waals surface area contributed by atoms with Gasteiger partial charge in [-0.1, -0.05) is 0 Å². The highest BCUT2D eigenvalue weighted by atomic mass is 16.8. The van der Waals surface area contributed by atoms with Gasteiger partial charge in [0.2, 0.25) is 6.29 Å². The fourth-order valence-electron chi connectivity index (χ4n) is 6.09. The highest BCUT2D eigenvalue weighted by Crippen LogP contribution is 2.43. The second-order valence-corrected chi connectivity index (χ2v) is 11.8. The van der Waals surface area contributed by atoms with E-state index in [4.69, 9.17) is 56.8 Å². The Morgan fingerprint density at radius 2 is 1.06 bits per heavy atom. The van der Waals surface area contributed by atoms with Crippen LogP contribution >= 0.6 is 0 Å². The first-order valence-electron chi connectivity index (χ1n) is 15.8. The number of esters is 8. The third-order valence-electron chi connectivity index (χ3n) is 7.54. The quantitative estimate of drug-likeness (QED) is 0.177. The van der Waals surface area contributed by atoms with Crippen LogP contribution in [-0.4, -0.2) is 134 Å². The molecule has 21 heteroatoms. The van der Waals surface area contributed by atoms with Crippen LogP contribution in [0.3, 0.4) is 0 Å². The van der Waals surface area contributed by atoms with E-state index in [9.17, 15) is 43.2 Å². The largest absolute Gasteiger partial charge is 0.508 e. The lowest BCUT2D eigenvalue weighted by Crippen LogP contribution is -2.71. The molecule has 3 saturated heterocycles. The molecule has 0 aliphatic carbocycles. The molecule has 12 atom stereocenters. The number of carbonyl (C=O) groups is 9. The minimum absolute atomic E-state index is 0.483. The van der Waals surface area contributed by atoms with Crippen molar-refractivity contribution in [2.24, 2.45) is 5.92 Å². The molecule has 0 aromatic rings. The third-order valence-corrected chi connectivity index (χ3v) is 7.54. The summed E-state index contributed by atoms with van der Waals surface area (Å²) in [4.78, 5) is 111. The van der Waals surface area contributed by atoms with Crippen LogP contribution in [0.5, 0.6) is 0 Å². The first-order chi connectivity index (χ1) is 24.3. The molecule has 21 nitrogen and oxygen atoms in total. The predicted molar refractivity (Wildman–Crippen MR) is 159 cm³/mol. The van der Waals surface area contributed by atoms with E-state index in [2.05, 4.69) is 0 Å². The molecular formula is C31H40O21. The monoisotopic (exact) mass is 748 g/mol. The van der Waals surface area contributed by atoms with Gasteiger partial charge in [-0.3, -0.25) is 38.4 Å². The Bertz CT molecular complexity index is 1410. The molecular weight excluding hydrogens is 708 g/mol. The Hall–Kier alpha value is -5.05. The van der Waals surface area contributed by atoms with Crippen molar-refractivity contribution in [3.8, 4) is 0 Å². The zero-order chi connectivity index (χ0) is 39.0. The molecule has 3 heterocycles. The lowest BCUT2D eigenvalue weighted by atomic mass is 9.76. The Kier molecular flexibility index (Phi) is 14.3. The van der Waals surface area contributed by atoms with E-state index in [1.807, 2.05) is 0 Å². The van der Waals surface area contributed by atoms with Crippen molar-refractivity contribution in [3.63, 3.8) is 0 Å². The first kappa shape index (κ1) is 41.4. The summed E-state index contributed by atoms with van der Waals surface area (Å²) in [6.45, 7) is 6.73. The molecule has 52 heavy (non-hydrogen) atoms. The molecule has 1 unspecified atom stereocenters. The van der Waals surface area contributed by atoms with E-state index >= 15 is 0 Å². The van der Waals surface area contributed by atoms with E-state index in [1.54, 1.807) is 0 Å². The maximum absolute atomic E-state index is 12.7. The minimum atomic E-state index is -1.93. The second-order valence-electron chi connectivity index (χ2n) is 11.8. The fourth-order valence-corrected chi connectivity index (χ4v) is 6.09. The minimum Gasteiger partial charge on any atom is -0.462 e. The molecule has 3 fully saturated rings. The fraction of sp³-hybridized carbons (Fsp3) is 0.710. The first-order valence-corrected chi connectivity index (χ1v) is 15.8. The summed E-state index contributed by atoms with van der Waals surface area (Å²) in [5, 5.41) is 0. The van der Waals surface area contributed by atoms with Crippen molar-refractivity contribution in [2.75, 3.05) is 13.2 Å². The van der Waals surface area contributed by atoms with Gasteiger partial charge in [-0.2, -0.15) is 0 Å². The van der Waals surface area contributed by atoms with E-state index in [0.717, 1.165) is 55.4 Å². The average Bonchev–Trinajstić information content (AvgIpc) is 3.43. The molecule has 0 spiro atoms. The molecule has 3 aliphatic heterocycles. The summed E-state index contributed by atoms with van der Waals surface area (Å²) in [6, 6.07) is 0. The van der Waals surface area contributed by atoms with Gasteiger partial charge in [-0.15, -0.1) is 0 Å². The highest BCUT2D eigenvalue weighted by Gasteiger charge is 2.64. The standard InChI is InChI=1S/C31H40O21/c1-11(32)41-9-19(43-12(2)33)22-24(44-13(3)34)21(26(45-14(4)35)30(52-22)49-18(8)39)25-28(47-16(6)37)29(48-17(7)38)27(46-15(5)36)23(51-25)20-10-42-31(40)50-20/h19-30H,9-10H2,1-8H3/t19-,20-,21+,22+,23+,24-,25+,26-,27+,28+,29-,30?/m0/s1. The van der Waals surface area contributed by atoms with Crippen LogP contribution in [-0.2, 0) is 95.2 Å². The zero-order valence-electron chi connectivity index (χ0n) is 29.4. The number of hydrogen-bond donors (Lipinski definition) is 0. The van der Waals surface area contributed by atoms with Crippen molar-refractivity contribution in [1.29, 1.82) is 0 Å². The molecule has 0 aromatic heterocycles. The topological polar surface area (TPSA) is 264 Å². The smallest absolute Gasteiger partial charge is 0.462 e. The summed E-state index contributed by atoms with van der Waals surface area (Å²) in [5.74, 6) is -9.40. The number of cyclic esters (lactones) is 2. The van der Waals surface area contributed by atoms with E-state index in [0.29, 0.717) is 0 Å². The van der Waals surface area contributed by atoms with Crippen molar-refractivity contribution in [1.82, 2.24) is 0 Å². The third kappa shape index (κ3) is 11.0. The number of rotatable bonds is 12. The van der Waals surface area contributed by atoms with Crippen molar-refractivity contribution >= 4 is 53.9 Å². The number of hydrogen-bond acceptors (Lipinski definition) is 21.